The van der Waals surface area contributed by atoms with E-state index in [0.29, 0.717) is 24.5 Å². The molecule has 2 fully saturated rings. The lowest BCUT2D eigenvalue weighted by Gasteiger charge is -2.34. The van der Waals surface area contributed by atoms with Crippen molar-refractivity contribution in [1.82, 2.24) is 5.32 Å². The molecule has 2 atom stereocenters. The van der Waals surface area contributed by atoms with Gasteiger partial charge in [0.05, 0.1) is 18.8 Å². The van der Waals surface area contributed by atoms with Gasteiger partial charge in [-0.1, -0.05) is 33.1 Å². The third kappa shape index (κ3) is 4.71. The number of aliphatic hydroxyl groups is 1. The molecule has 2 saturated carbocycles. The molecule has 0 amide bonds. The van der Waals surface area contributed by atoms with Gasteiger partial charge in [0.15, 0.2) is 0 Å². The number of hydrogen-bond donors (Lipinski definition) is 2. The predicted octanol–water partition coefficient (Wildman–Crippen LogP) is 3.11. The van der Waals surface area contributed by atoms with Crippen LogP contribution in [0.2, 0.25) is 0 Å². The first kappa shape index (κ1) is 16.3. The van der Waals surface area contributed by atoms with E-state index in [0.717, 1.165) is 6.61 Å². The third-order valence-corrected chi connectivity index (χ3v) is 4.97. The number of nitrogens with one attached hydrogen (secondary N) is 1. The number of ether oxygens (including phenoxy) is 1. The summed E-state index contributed by atoms with van der Waals surface area (Å²) in [6.07, 6.45) is 10.1. The summed E-state index contributed by atoms with van der Waals surface area (Å²) in [5.74, 6) is 1.32. The maximum absolute atomic E-state index is 9.88. The van der Waals surface area contributed by atoms with Crippen LogP contribution in [0.4, 0.5) is 0 Å². The van der Waals surface area contributed by atoms with Gasteiger partial charge in [0, 0.05) is 12.6 Å². The Morgan fingerprint density at radius 2 is 2.00 bits per heavy atom. The van der Waals surface area contributed by atoms with Crippen LogP contribution in [0, 0.1) is 11.8 Å². The van der Waals surface area contributed by atoms with Gasteiger partial charge in [-0.25, -0.2) is 0 Å². The second-order valence-electron chi connectivity index (χ2n) is 6.94. The number of hydrogen-bond acceptors (Lipinski definition) is 3. The summed E-state index contributed by atoms with van der Waals surface area (Å²) in [5, 5.41) is 13.6. The largest absolute Gasteiger partial charge is 0.394 e. The summed E-state index contributed by atoms with van der Waals surface area (Å²) < 4.78 is 6.05. The van der Waals surface area contributed by atoms with Crippen LogP contribution in [-0.2, 0) is 4.74 Å². The van der Waals surface area contributed by atoms with Crippen LogP contribution in [0.15, 0.2) is 0 Å². The van der Waals surface area contributed by atoms with Crippen LogP contribution in [0.25, 0.3) is 0 Å². The second kappa shape index (κ2) is 7.77. The highest BCUT2D eigenvalue weighted by Gasteiger charge is 2.47. The summed E-state index contributed by atoms with van der Waals surface area (Å²) in [6.45, 7) is 6.27. The van der Waals surface area contributed by atoms with Gasteiger partial charge in [0.2, 0.25) is 0 Å². The maximum Gasteiger partial charge on any atom is 0.0681 e. The molecule has 20 heavy (non-hydrogen) atoms. The third-order valence-electron chi connectivity index (χ3n) is 4.97. The van der Waals surface area contributed by atoms with Crippen molar-refractivity contribution in [3.05, 3.63) is 0 Å². The van der Waals surface area contributed by atoms with Crippen LogP contribution in [0.1, 0.15) is 65.2 Å². The summed E-state index contributed by atoms with van der Waals surface area (Å²) in [6, 6.07) is 0.633. The van der Waals surface area contributed by atoms with Gasteiger partial charge in [0.1, 0.15) is 0 Å². The topological polar surface area (TPSA) is 41.5 Å². The Labute approximate surface area is 124 Å². The van der Waals surface area contributed by atoms with Crippen molar-refractivity contribution in [2.45, 2.75) is 76.8 Å². The molecular weight excluding hydrogens is 250 g/mol. The molecule has 3 heteroatoms. The second-order valence-corrected chi connectivity index (χ2v) is 6.94. The Bertz CT molecular complexity index is 276. The Kier molecular flexibility index (Phi) is 6.31. The monoisotopic (exact) mass is 283 g/mol. The van der Waals surface area contributed by atoms with E-state index >= 15 is 0 Å². The van der Waals surface area contributed by atoms with Gasteiger partial charge in [0.25, 0.3) is 0 Å². The lowest BCUT2D eigenvalue weighted by molar-refractivity contribution is 0.00693. The molecule has 2 aliphatic carbocycles. The first-order valence-corrected chi connectivity index (χ1v) is 8.70. The minimum Gasteiger partial charge on any atom is -0.394 e. The Morgan fingerprint density at radius 3 is 2.50 bits per heavy atom. The standard InChI is InChI=1S/C17H33NO2/c1-3-5-6-14(4-2)11-20-13-17(12-19,15-7-8-15)18-16-9-10-16/h14-16,18-19H,3-13H2,1-2H3. The number of rotatable bonds is 12. The lowest BCUT2D eigenvalue weighted by Crippen LogP contribution is -2.55. The molecule has 118 valence electrons. The highest BCUT2D eigenvalue weighted by Crippen LogP contribution is 2.41. The summed E-state index contributed by atoms with van der Waals surface area (Å²) in [7, 11) is 0. The normalized spacial score (nSPS) is 23.6. The molecule has 0 aromatic rings. The molecule has 2 aliphatic rings. The lowest BCUT2D eigenvalue weighted by atomic mass is 9.94. The fourth-order valence-electron chi connectivity index (χ4n) is 3.07. The molecule has 2 N–H and O–H groups in total. The van der Waals surface area contributed by atoms with Gasteiger partial charge >= 0.3 is 0 Å². The van der Waals surface area contributed by atoms with Crippen LogP contribution >= 0.6 is 0 Å². The predicted molar refractivity (Wildman–Crippen MR) is 82.8 cm³/mol. The van der Waals surface area contributed by atoms with Crippen molar-refractivity contribution in [1.29, 1.82) is 0 Å². The molecule has 0 saturated heterocycles. The van der Waals surface area contributed by atoms with E-state index in [1.807, 2.05) is 0 Å². The zero-order chi connectivity index (χ0) is 14.4. The van der Waals surface area contributed by atoms with Gasteiger partial charge < -0.3 is 15.2 Å². The summed E-state index contributed by atoms with van der Waals surface area (Å²) in [5.41, 5.74) is -0.149. The number of unbranched alkanes of at least 4 members (excludes halogenated alkanes) is 1. The van der Waals surface area contributed by atoms with E-state index in [1.165, 1.54) is 51.4 Å². The Balaban J connectivity index is 1.75. The van der Waals surface area contributed by atoms with E-state index in [1.54, 1.807) is 0 Å². The first-order chi connectivity index (χ1) is 9.74. The van der Waals surface area contributed by atoms with Gasteiger partial charge in [-0.05, 0) is 43.9 Å². The van der Waals surface area contributed by atoms with Crippen LogP contribution < -0.4 is 5.32 Å². The van der Waals surface area contributed by atoms with Crippen LogP contribution in [0.3, 0.4) is 0 Å². The minimum atomic E-state index is -0.149. The van der Waals surface area contributed by atoms with Gasteiger partial charge in [-0.3, -0.25) is 0 Å². The quantitative estimate of drug-likeness (QED) is 0.578. The molecule has 0 spiro atoms. The van der Waals surface area contributed by atoms with E-state index in [4.69, 9.17) is 4.74 Å². The van der Waals surface area contributed by atoms with E-state index in [9.17, 15) is 5.11 Å². The molecule has 0 aliphatic heterocycles. The highest BCUT2D eigenvalue weighted by atomic mass is 16.5. The van der Waals surface area contributed by atoms with Gasteiger partial charge in [-0.2, -0.15) is 0 Å². The summed E-state index contributed by atoms with van der Waals surface area (Å²) in [4.78, 5) is 0. The van der Waals surface area contributed by atoms with E-state index in [2.05, 4.69) is 19.2 Å². The summed E-state index contributed by atoms with van der Waals surface area (Å²) >= 11 is 0. The Morgan fingerprint density at radius 1 is 1.25 bits per heavy atom. The molecule has 2 rings (SSSR count). The average Bonchev–Trinajstić information content (AvgIpc) is 3.34. The van der Waals surface area contributed by atoms with Crippen molar-refractivity contribution in [2.24, 2.45) is 11.8 Å². The molecule has 0 heterocycles. The average molecular weight is 283 g/mol. The smallest absolute Gasteiger partial charge is 0.0681 e. The fraction of sp³-hybridized carbons (Fsp3) is 1.00. The highest BCUT2D eigenvalue weighted by molar-refractivity contribution is 5.04. The molecule has 0 aromatic heterocycles. The zero-order valence-corrected chi connectivity index (χ0v) is 13.4. The van der Waals surface area contributed by atoms with Crippen molar-refractivity contribution in [2.75, 3.05) is 19.8 Å². The first-order valence-electron chi connectivity index (χ1n) is 8.70. The maximum atomic E-state index is 9.88. The molecule has 0 radical (unpaired) electrons. The SMILES string of the molecule is CCCCC(CC)COCC(CO)(NC1CC1)C1CC1. The van der Waals surface area contributed by atoms with Crippen LogP contribution in [0.5, 0.6) is 0 Å². The zero-order valence-electron chi connectivity index (χ0n) is 13.4. The van der Waals surface area contributed by atoms with E-state index < -0.39 is 0 Å². The Hall–Kier alpha value is -0.120. The van der Waals surface area contributed by atoms with Crippen molar-refractivity contribution < 1.29 is 9.84 Å². The minimum absolute atomic E-state index is 0.149. The molecule has 2 unspecified atom stereocenters. The molecule has 3 nitrogen and oxygen atoms in total. The molecule has 0 bridgehead atoms. The van der Waals surface area contributed by atoms with Gasteiger partial charge in [-0.15, -0.1) is 0 Å². The van der Waals surface area contributed by atoms with Crippen LogP contribution in [-0.4, -0.2) is 36.5 Å². The van der Waals surface area contributed by atoms with E-state index in [-0.39, 0.29) is 12.1 Å². The van der Waals surface area contributed by atoms with Crippen molar-refractivity contribution in [3.8, 4) is 0 Å². The molecule has 0 aromatic carbocycles. The fourth-order valence-corrected chi connectivity index (χ4v) is 3.07. The van der Waals surface area contributed by atoms with Crippen molar-refractivity contribution >= 4 is 0 Å². The van der Waals surface area contributed by atoms with Crippen molar-refractivity contribution in [3.63, 3.8) is 0 Å². The molecular formula is C17H33NO2. The number of aliphatic hydroxyl groups excluding tert-OH is 1.